The Bertz CT molecular complexity index is 706. The molecule has 3 rings (SSSR count). The van der Waals surface area contributed by atoms with Gasteiger partial charge in [-0.1, -0.05) is 6.07 Å². The van der Waals surface area contributed by atoms with Crippen LogP contribution in [0.3, 0.4) is 0 Å². The second-order valence-electron chi connectivity index (χ2n) is 6.96. The number of carbonyl (C=O) groups is 1. The normalized spacial score (nSPS) is 16.9. The maximum atomic E-state index is 12.1. The Labute approximate surface area is 165 Å². The van der Waals surface area contributed by atoms with Gasteiger partial charge in [0.15, 0.2) is 0 Å². The Morgan fingerprint density at radius 1 is 1.41 bits per heavy atom. The van der Waals surface area contributed by atoms with Crippen LogP contribution in [0.15, 0.2) is 29.9 Å². The highest BCUT2D eigenvalue weighted by Crippen LogP contribution is 2.25. The highest BCUT2D eigenvalue weighted by atomic mass is 32.1. The molecule has 0 aromatic carbocycles. The molecule has 0 unspecified atom stereocenters. The van der Waals surface area contributed by atoms with E-state index < -0.39 is 0 Å². The summed E-state index contributed by atoms with van der Waals surface area (Å²) < 4.78 is 0. The van der Waals surface area contributed by atoms with Crippen LogP contribution in [0.2, 0.25) is 0 Å². The molecule has 146 valence electrons. The van der Waals surface area contributed by atoms with E-state index in [9.17, 15) is 4.79 Å². The van der Waals surface area contributed by atoms with Crippen molar-refractivity contribution in [2.24, 2.45) is 5.92 Å². The number of amides is 1. The van der Waals surface area contributed by atoms with Crippen LogP contribution >= 0.6 is 11.3 Å². The van der Waals surface area contributed by atoms with Crippen LogP contribution in [-0.2, 0) is 11.2 Å². The molecule has 1 saturated heterocycles. The molecule has 0 saturated carbocycles. The third kappa shape index (κ3) is 6.20. The number of anilines is 2. The van der Waals surface area contributed by atoms with Crippen molar-refractivity contribution in [2.75, 3.05) is 36.4 Å². The Balaban J connectivity index is 1.41. The first-order valence-corrected chi connectivity index (χ1v) is 10.7. The number of rotatable bonds is 9. The maximum absolute atomic E-state index is 12.1. The molecule has 7 heteroatoms. The number of nitrogens with zero attached hydrogens (tertiary/aromatic N) is 3. The minimum absolute atomic E-state index is 0.167. The SMILES string of the molecule is CCNc1cc(N2CCC[C@H](CCC(=O)NCCc3cccs3)C2)ncn1. The van der Waals surface area contributed by atoms with Gasteiger partial charge in [-0.15, -0.1) is 11.3 Å². The molecule has 0 bridgehead atoms. The fraction of sp³-hybridized carbons (Fsp3) is 0.550. The van der Waals surface area contributed by atoms with Crippen molar-refractivity contribution in [3.8, 4) is 0 Å². The first-order chi connectivity index (χ1) is 13.2. The van der Waals surface area contributed by atoms with E-state index in [4.69, 9.17) is 0 Å². The Hall–Kier alpha value is -2.15. The van der Waals surface area contributed by atoms with Crippen LogP contribution in [0.4, 0.5) is 11.6 Å². The summed E-state index contributed by atoms with van der Waals surface area (Å²) in [7, 11) is 0. The van der Waals surface area contributed by atoms with Crippen LogP contribution in [-0.4, -0.2) is 42.1 Å². The molecule has 27 heavy (non-hydrogen) atoms. The van der Waals surface area contributed by atoms with Gasteiger partial charge < -0.3 is 15.5 Å². The van der Waals surface area contributed by atoms with Crippen molar-refractivity contribution < 1.29 is 4.79 Å². The summed E-state index contributed by atoms with van der Waals surface area (Å²) in [6.45, 7) is 5.62. The molecule has 2 aromatic rings. The van der Waals surface area contributed by atoms with Crippen molar-refractivity contribution in [1.82, 2.24) is 15.3 Å². The van der Waals surface area contributed by atoms with Crippen molar-refractivity contribution in [3.63, 3.8) is 0 Å². The van der Waals surface area contributed by atoms with Gasteiger partial charge in [0.2, 0.25) is 5.91 Å². The predicted octanol–water partition coefficient (Wildman–Crippen LogP) is 3.33. The molecule has 2 N–H and O–H groups in total. The highest BCUT2D eigenvalue weighted by molar-refractivity contribution is 7.09. The zero-order valence-corrected chi connectivity index (χ0v) is 16.8. The van der Waals surface area contributed by atoms with Gasteiger partial charge in [-0.2, -0.15) is 0 Å². The summed E-state index contributed by atoms with van der Waals surface area (Å²) in [5, 5.41) is 8.36. The third-order valence-electron chi connectivity index (χ3n) is 4.91. The summed E-state index contributed by atoms with van der Waals surface area (Å²) in [6, 6.07) is 6.18. The molecule has 0 radical (unpaired) electrons. The summed E-state index contributed by atoms with van der Waals surface area (Å²) in [5.41, 5.74) is 0. The zero-order valence-electron chi connectivity index (χ0n) is 16.0. The summed E-state index contributed by atoms with van der Waals surface area (Å²) in [4.78, 5) is 24.5. The summed E-state index contributed by atoms with van der Waals surface area (Å²) in [5.74, 6) is 2.56. The average Bonchev–Trinajstić information content (AvgIpc) is 3.21. The van der Waals surface area contributed by atoms with Crippen molar-refractivity contribution in [1.29, 1.82) is 0 Å². The third-order valence-corrected chi connectivity index (χ3v) is 5.84. The Morgan fingerprint density at radius 3 is 3.15 bits per heavy atom. The molecular weight excluding hydrogens is 358 g/mol. The lowest BCUT2D eigenvalue weighted by Gasteiger charge is -2.33. The summed E-state index contributed by atoms with van der Waals surface area (Å²) >= 11 is 1.74. The minimum Gasteiger partial charge on any atom is -0.370 e. The predicted molar refractivity (Wildman–Crippen MR) is 111 cm³/mol. The van der Waals surface area contributed by atoms with Crippen molar-refractivity contribution >= 4 is 28.9 Å². The number of piperidine rings is 1. The number of nitrogens with one attached hydrogen (secondary N) is 2. The zero-order chi connectivity index (χ0) is 18.9. The molecule has 6 nitrogen and oxygen atoms in total. The Morgan fingerprint density at radius 2 is 2.33 bits per heavy atom. The largest absolute Gasteiger partial charge is 0.370 e. The molecule has 2 aromatic heterocycles. The fourth-order valence-electron chi connectivity index (χ4n) is 3.51. The van der Waals surface area contributed by atoms with Crippen LogP contribution in [0.25, 0.3) is 0 Å². The van der Waals surface area contributed by atoms with E-state index in [2.05, 4.69) is 49.9 Å². The van der Waals surface area contributed by atoms with Crippen LogP contribution < -0.4 is 15.5 Å². The van der Waals surface area contributed by atoms with Gasteiger partial charge in [-0.3, -0.25) is 4.79 Å². The number of thiophene rings is 1. The first kappa shape index (κ1) is 19.6. The molecule has 1 amide bonds. The molecule has 1 fully saturated rings. The number of carbonyl (C=O) groups excluding carboxylic acids is 1. The van der Waals surface area contributed by atoms with E-state index >= 15 is 0 Å². The van der Waals surface area contributed by atoms with Crippen LogP contribution in [0.1, 0.15) is 37.5 Å². The molecule has 3 heterocycles. The van der Waals surface area contributed by atoms with E-state index in [1.54, 1.807) is 17.7 Å². The smallest absolute Gasteiger partial charge is 0.220 e. The lowest BCUT2D eigenvalue weighted by Crippen LogP contribution is -2.36. The van der Waals surface area contributed by atoms with E-state index in [0.717, 1.165) is 57.1 Å². The second-order valence-corrected chi connectivity index (χ2v) is 8.00. The minimum atomic E-state index is 0.167. The Kier molecular flexibility index (Phi) is 7.45. The topological polar surface area (TPSA) is 70.2 Å². The maximum Gasteiger partial charge on any atom is 0.220 e. The summed E-state index contributed by atoms with van der Waals surface area (Å²) in [6.07, 6.45) is 6.41. The standard InChI is InChI=1S/C20H29N5OS/c1-2-21-18-13-19(24-15-23-18)25-11-3-5-16(14-25)7-8-20(26)22-10-9-17-6-4-12-27-17/h4,6,12-13,15-16H,2-3,5,7-11,14H2,1H3,(H,22,26)(H,21,23,24)/t16-/m1/s1. The molecule has 1 aliphatic heterocycles. The second kappa shape index (κ2) is 10.3. The molecular formula is C20H29N5OS. The van der Waals surface area contributed by atoms with Gasteiger partial charge in [-0.05, 0) is 50.0 Å². The van der Waals surface area contributed by atoms with Gasteiger partial charge in [0.25, 0.3) is 0 Å². The average molecular weight is 388 g/mol. The van der Waals surface area contributed by atoms with Crippen LogP contribution in [0, 0.1) is 5.92 Å². The number of hydrogen-bond acceptors (Lipinski definition) is 6. The monoisotopic (exact) mass is 387 g/mol. The highest BCUT2D eigenvalue weighted by Gasteiger charge is 2.22. The van der Waals surface area contributed by atoms with E-state index in [0.29, 0.717) is 12.3 Å². The molecule has 0 spiro atoms. The van der Waals surface area contributed by atoms with Crippen molar-refractivity contribution in [2.45, 2.75) is 39.0 Å². The first-order valence-electron chi connectivity index (χ1n) is 9.84. The molecule has 1 aliphatic rings. The number of hydrogen-bond donors (Lipinski definition) is 2. The molecule has 0 aliphatic carbocycles. The van der Waals surface area contributed by atoms with Crippen LogP contribution in [0.5, 0.6) is 0 Å². The van der Waals surface area contributed by atoms with E-state index in [-0.39, 0.29) is 5.91 Å². The van der Waals surface area contributed by atoms with Gasteiger partial charge in [0, 0.05) is 43.5 Å². The van der Waals surface area contributed by atoms with Gasteiger partial charge >= 0.3 is 0 Å². The number of aromatic nitrogens is 2. The van der Waals surface area contributed by atoms with Gasteiger partial charge in [0.05, 0.1) is 0 Å². The van der Waals surface area contributed by atoms with E-state index in [1.807, 2.05) is 6.07 Å². The molecule has 1 atom stereocenters. The lowest BCUT2D eigenvalue weighted by atomic mass is 9.93. The van der Waals surface area contributed by atoms with Gasteiger partial charge in [-0.25, -0.2) is 9.97 Å². The van der Waals surface area contributed by atoms with Crippen molar-refractivity contribution in [3.05, 3.63) is 34.8 Å². The quantitative estimate of drug-likeness (QED) is 0.691. The lowest BCUT2D eigenvalue weighted by molar-refractivity contribution is -0.121. The van der Waals surface area contributed by atoms with E-state index in [1.165, 1.54) is 11.3 Å². The van der Waals surface area contributed by atoms with Gasteiger partial charge in [0.1, 0.15) is 18.0 Å². The fourth-order valence-corrected chi connectivity index (χ4v) is 4.22.